The lowest BCUT2D eigenvalue weighted by Gasteiger charge is -2.28. The summed E-state index contributed by atoms with van der Waals surface area (Å²) in [6, 6.07) is 2.48. The fraction of sp³-hybridized carbons (Fsp3) is 0.923. The molecule has 0 aromatic carbocycles. The van der Waals surface area contributed by atoms with Crippen LogP contribution in [0.25, 0.3) is 0 Å². The standard InChI is InChI=1S/C13H24N2OS/c1-11(8-16)9-17-7-5-12-4-3-6-13(12,10-14)15-2/h11-12,15-16H,3-9H2,1-2H3. The van der Waals surface area contributed by atoms with Gasteiger partial charge in [-0.1, -0.05) is 13.3 Å². The van der Waals surface area contributed by atoms with E-state index in [9.17, 15) is 5.26 Å². The molecule has 4 heteroatoms. The Morgan fingerprint density at radius 1 is 1.65 bits per heavy atom. The molecule has 3 unspecified atom stereocenters. The normalized spacial score (nSPS) is 30.1. The molecular weight excluding hydrogens is 232 g/mol. The van der Waals surface area contributed by atoms with Crippen molar-refractivity contribution in [3.63, 3.8) is 0 Å². The Labute approximate surface area is 109 Å². The highest BCUT2D eigenvalue weighted by molar-refractivity contribution is 7.99. The van der Waals surface area contributed by atoms with Crippen molar-refractivity contribution < 1.29 is 5.11 Å². The zero-order chi connectivity index (χ0) is 12.7. The second-order valence-corrected chi connectivity index (χ2v) is 6.22. The van der Waals surface area contributed by atoms with Gasteiger partial charge in [-0.15, -0.1) is 0 Å². The Bertz CT molecular complexity index is 267. The van der Waals surface area contributed by atoms with E-state index in [2.05, 4.69) is 18.3 Å². The highest BCUT2D eigenvalue weighted by atomic mass is 32.2. The van der Waals surface area contributed by atoms with Crippen LogP contribution in [0.1, 0.15) is 32.6 Å². The molecule has 0 saturated heterocycles. The minimum absolute atomic E-state index is 0.273. The van der Waals surface area contributed by atoms with Gasteiger partial charge in [-0.2, -0.15) is 17.0 Å². The van der Waals surface area contributed by atoms with Gasteiger partial charge in [-0.25, -0.2) is 0 Å². The summed E-state index contributed by atoms with van der Waals surface area (Å²) in [5.74, 6) is 2.99. The number of hydrogen-bond donors (Lipinski definition) is 2. The van der Waals surface area contributed by atoms with Crippen LogP contribution in [-0.2, 0) is 0 Å². The molecule has 0 aromatic heterocycles. The average Bonchev–Trinajstić information content (AvgIpc) is 2.77. The van der Waals surface area contributed by atoms with E-state index in [1.807, 2.05) is 18.8 Å². The largest absolute Gasteiger partial charge is 0.396 e. The van der Waals surface area contributed by atoms with Crippen LogP contribution in [0.4, 0.5) is 0 Å². The SMILES string of the molecule is CNC1(C#N)CCCC1CCSCC(C)CO. The van der Waals surface area contributed by atoms with E-state index in [-0.39, 0.29) is 12.1 Å². The second-order valence-electron chi connectivity index (χ2n) is 5.07. The van der Waals surface area contributed by atoms with Gasteiger partial charge in [0.05, 0.1) is 6.07 Å². The van der Waals surface area contributed by atoms with Crippen molar-refractivity contribution >= 4 is 11.8 Å². The van der Waals surface area contributed by atoms with Crippen LogP contribution in [0.15, 0.2) is 0 Å². The summed E-state index contributed by atoms with van der Waals surface area (Å²) < 4.78 is 0. The molecule has 0 bridgehead atoms. The van der Waals surface area contributed by atoms with Gasteiger partial charge in [0.2, 0.25) is 0 Å². The molecule has 17 heavy (non-hydrogen) atoms. The molecule has 0 aromatic rings. The number of nitriles is 1. The minimum Gasteiger partial charge on any atom is -0.396 e. The summed E-state index contributed by atoms with van der Waals surface area (Å²) in [7, 11) is 1.91. The van der Waals surface area contributed by atoms with Crippen LogP contribution in [0.3, 0.4) is 0 Å². The first-order valence-electron chi connectivity index (χ1n) is 6.47. The molecule has 1 aliphatic carbocycles. The smallest absolute Gasteiger partial charge is 0.109 e. The van der Waals surface area contributed by atoms with Gasteiger partial charge in [0.25, 0.3) is 0 Å². The molecule has 98 valence electrons. The topological polar surface area (TPSA) is 56.0 Å². The average molecular weight is 256 g/mol. The third-order valence-corrected chi connectivity index (χ3v) is 5.12. The lowest BCUT2D eigenvalue weighted by atomic mass is 9.87. The lowest BCUT2D eigenvalue weighted by Crippen LogP contribution is -2.44. The van der Waals surface area contributed by atoms with Gasteiger partial charge in [0.1, 0.15) is 5.54 Å². The summed E-state index contributed by atoms with van der Waals surface area (Å²) >= 11 is 1.90. The van der Waals surface area contributed by atoms with Gasteiger partial charge >= 0.3 is 0 Å². The van der Waals surface area contributed by atoms with Crippen molar-refractivity contribution in [3.8, 4) is 6.07 Å². The van der Waals surface area contributed by atoms with Crippen LogP contribution in [-0.4, -0.2) is 35.8 Å². The minimum atomic E-state index is -0.275. The first-order chi connectivity index (χ1) is 8.18. The second kappa shape index (κ2) is 7.25. The highest BCUT2D eigenvalue weighted by Crippen LogP contribution is 2.37. The Balaban J connectivity index is 2.29. The Morgan fingerprint density at radius 3 is 3.00 bits per heavy atom. The Kier molecular flexibility index (Phi) is 6.32. The predicted molar refractivity (Wildman–Crippen MR) is 72.9 cm³/mol. The van der Waals surface area contributed by atoms with E-state index in [1.54, 1.807) is 0 Å². The Hall–Kier alpha value is -0.240. The quantitative estimate of drug-likeness (QED) is 0.684. The van der Waals surface area contributed by atoms with Crippen molar-refractivity contribution in [1.82, 2.24) is 5.32 Å². The van der Waals surface area contributed by atoms with Crippen LogP contribution in [0.2, 0.25) is 0 Å². The summed E-state index contributed by atoms with van der Waals surface area (Å²) in [5.41, 5.74) is -0.275. The van der Waals surface area contributed by atoms with Gasteiger partial charge in [-0.05, 0) is 49.7 Å². The highest BCUT2D eigenvalue weighted by Gasteiger charge is 2.41. The number of aliphatic hydroxyl groups is 1. The van der Waals surface area contributed by atoms with Crippen LogP contribution in [0, 0.1) is 23.2 Å². The summed E-state index contributed by atoms with van der Waals surface area (Å²) in [4.78, 5) is 0. The van der Waals surface area contributed by atoms with Crippen molar-refractivity contribution in [2.75, 3.05) is 25.2 Å². The van der Waals surface area contributed by atoms with E-state index >= 15 is 0 Å². The first-order valence-corrected chi connectivity index (χ1v) is 7.62. The van der Waals surface area contributed by atoms with Crippen LogP contribution in [0.5, 0.6) is 0 Å². The van der Waals surface area contributed by atoms with Gasteiger partial charge in [0.15, 0.2) is 0 Å². The van der Waals surface area contributed by atoms with Crippen LogP contribution >= 0.6 is 11.8 Å². The number of nitrogens with zero attached hydrogens (tertiary/aromatic N) is 1. The maximum atomic E-state index is 9.32. The molecule has 3 atom stereocenters. The summed E-state index contributed by atoms with van der Waals surface area (Å²) in [6.07, 6.45) is 4.43. The molecule has 1 aliphatic rings. The molecule has 0 aliphatic heterocycles. The van der Waals surface area contributed by atoms with Crippen molar-refractivity contribution in [1.29, 1.82) is 5.26 Å². The monoisotopic (exact) mass is 256 g/mol. The number of thioether (sulfide) groups is 1. The number of rotatable bonds is 7. The molecule has 0 heterocycles. The Morgan fingerprint density at radius 2 is 2.41 bits per heavy atom. The summed E-state index contributed by atoms with van der Waals surface area (Å²) in [5, 5.41) is 21.5. The van der Waals surface area contributed by atoms with E-state index in [4.69, 9.17) is 5.11 Å². The number of nitrogens with one attached hydrogen (secondary N) is 1. The predicted octanol–water partition coefficient (Wildman–Crippen LogP) is 2.02. The van der Waals surface area contributed by atoms with Crippen molar-refractivity contribution in [2.24, 2.45) is 11.8 Å². The molecular formula is C13H24N2OS. The fourth-order valence-electron chi connectivity index (χ4n) is 2.56. The van der Waals surface area contributed by atoms with Crippen LogP contribution < -0.4 is 5.32 Å². The summed E-state index contributed by atoms with van der Waals surface area (Å²) in [6.45, 7) is 2.34. The van der Waals surface area contributed by atoms with E-state index < -0.39 is 0 Å². The molecule has 0 spiro atoms. The third kappa shape index (κ3) is 3.87. The fourth-order valence-corrected chi connectivity index (χ4v) is 3.69. The van der Waals surface area contributed by atoms with Gasteiger partial charge in [-0.3, -0.25) is 0 Å². The molecule has 0 radical (unpaired) electrons. The molecule has 1 fully saturated rings. The lowest BCUT2D eigenvalue weighted by molar-refractivity contribution is 0.250. The van der Waals surface area contributed by atoms with Gasteiger partial charge in [0, 0.05) is 6.61 Å². The molecule has 3 nitrogen and oxygen atoms in total. The molecule has 2 N–H and O–H groups in total. The number of hydrogen-bond acceptors (Lipinski definition) is 4. The van der Waals surface area contributed by atoms with Crippen molar-refractivity contribution in [2.45, 2.75) is 38.1 Å². The zero-order valence-electron chi connectivity index (χ0n) is 10.9. The zero-order valence-corrected chi connectivity index (χ0v) is 11.7. The van der Waals surface area contributed by atoms with Gasteiger partial charge < -0.3 is 10.4 Å². The van der Waals surface area contributed by atoms with E-state index in [0.717, 1.165) is 30.8 Å². The van der Waals surface area contributed by atoms with E-state index in [0.29, 0.717) is 11.8 Å². The van der Waals surface area contributed by atoms with E-state index in [1.165, 1.54) is 6.42 Å². The third-order valence-electron chi connectivity index (χ3n) is 3.79. The maximum Gasteiger partial charge on any atom is 0.109 e. The molecule has 0 amide bonds. The molecule has 1 saturated carbocycles. The molecule has 1 rings (SSSR count). The first kappa shape index (κ1) is 14.8. The maximum absolute atomic E-state index is 9.32. The number of aliphatic hydroxyl groups excluding tert-OH is 1. The van der Waals surface area contributed by atoms with Crippen molar-refractivity contribution in [3.05, 3.63) is 0 Å².